The number of anilines is 1. The molecule has 4 nitrogen and oxygen atoms in total. The average Bonchev–Trinajstić information content (AvgIpc) is 2.42. The van der Waals surface area contributed by atoms with Gasteiger partial charge < -0.3 is 11.1 Å². The molecule has 3 N–H and O–H groups in total. The molecule has 1 unspecified atom stereocenters. The van der Waals surface area contributed by atoms with Crippen LogP contribution in [0, 0.1) is 5.82 Å². The molecule has 5 heteroatoms. The molecule has 1 heterocycles. The molecule has 0 spiro atoms. The number of halogens is 1. The molecule has 0 saturated carbocycles. The molecule has 19 heavy (non-hydrogen) atoms. The van der Waals surface area contributed by atoms with Gasteiger partial charge in [0.15, 0.2) is 0 Å². The summed E-state index contributed by atoms with van der Waals surface area (Å²) in [6.07, 6.45) is 4.99. The predicted molar refractivity (Wildman–Crippen MR) is 73.2 cm³/mol. The molecule has 102 valence electrons. The van der Waals surface area contributed by atoms with E-state index in [4.69, 9.17) is 5.73 Å². The summed E-state index contributed by atoms with van der Waals surface area (Å²) in [6, 6.07) is 6.22. The van der Waals surface area contributed by atoms with Crippen molar-refractivity contribution in [3.05, 3.63) is 42.2 Å². The Labute approximate surface area is 112 Å². The molecule has 0 aliphatic carbocycles. The topological polar surface area (TPSA) is 58.4 Å². The first kappa shape index (κ1) is 13.7. The number of rotatable bonds is 4. The van der Waals surface area contributed by atoms with E-state index < -0.39 is 5.82 Å². The molecule has 0 saturated heterocycles. The van der Waals surface area contributed by atoms with Gasteiger partial charge in [0.1, 0.15) is 5.82 Å². The van der Waals surface area contributed by atoms with Gasteiger partial charge in [0.05, 0.1) is 12.2 Å². The highest BCUT2D eigenvalue weighted by molar-refractivity contribution is 5.92. The number of carbonyl (C=O) groups is 1. The molecular weight excluding hydrogens is 245 g/mol. The monoisotopic (exact) mass is 263 g/mol. The van der Waals surface area contributed by atoms with E-state index in [2.05, 4.69) is 11.4 Å². The maximum atomic E-state index is 13.4. The minimum Gasteiger partial charge on any atom is -0.329 e. The number of hydrogen-bond acceptors (Lipinski definition) is 3. The molecule has 0 aromatic heterocycles. The standard InChI is InChI=1S/C14H18FN3O/c15-12-6-1-2-7-13(12)17-14(19)10-18-8-4-3-5-11(18)9-16/h1-3,5-7,11H,4,8-10,16H2,(H,17,19). The Morgan fingerprint density at radius 1 is 1.47 bits per heavy atom. The zero-order chi connectivity index (χ0) is 13.7. The highest BCUT2D eigenvalue weighted by Gasteiger charge is 2.20. The summed E-state index contributed by atoms with van der Waals surface area (Å²) in [5.41, 5.74) is 5.87. The van der Waals surface area contributed by atoms with Gasteiger partial charge in [-0.25, -0.2) is 4.39 Å². The molecule has 1 aromatic rings. The lowest BCUT2D eigenvalue weighted by Gasteiger charge is -2.30. The second kappa shape index (κ2) is 6.45. The number of amides is 1. The number of benzene rings is 1. The Kier molecular flexibility index (Phi) is 4.65. The number of hydrogen-bond donors (Lipinski definition) is 2. The fourth-order valence-corrected chi connectivity index (χ4v) is 2.14. The summed E-state index contributed by atoms with van der Waals surface area (Å²) in [4.78, 5) is 13.9. The molecule has 1 atom stereocenters. The maximum absolute atomic E-state index is 13.4. The van der Waals surface area contributed by atoms with Crippen molar-refractivity contribution in [1.29, 1.82) is 0 Å². The van der Waals surface area contributed by atoms with E-state index in [1.165, 1.54) is 6.07 Å². The third-order valence-corrected chi connectivity index (χ3v) is 3.15. The lowest BCUT2D eigenvalue weighted by atomic mass is 10.1. The second-order valence-corrected chi connectivity index (χ2v) is 4.52. The first-order valence-corrected chi connectivity index (χ1v) is 6.36. The Balaban J connectivity index is 1.94. The Bertz CT molecular complexity index is 476. The predicted octanol–water partition coefficient (Wildman–Crippen LogP) is 1.35. The highest BCUT2D eigenvalue weighted by atomic mass is 19.1. The van der Waals surface area contributed by atoms with E-state index >= 15 is 0 Å². The van der Waals surface area contributed by atoms with Crippen molar-refractivity contribution in [3.63, 3.8) is 0 Å². The summed E-state index contributed by atoms with van der Waals surface area (Å²) in [5.74, 6) is -0.649. The first-order chi connectivity index (χ1) is 9.20. The van der Waals surface area contributed by atoms with Crippen molar-refractivity contribution in [2.75, 3.05) is 25.0 Å². The van der Waals surface area contributed by atoms with Crippen molar-refractivity contribution in [2.45, 2.75) is 12.5 Å². The number of nitrogens with zero attached hydrogens (tertiary/aromatic N) is 1. The van der Waals surface area contributed by atoms with Crippen LogP contribution in [0.15, 0.2) is 36.4 Å². The van der Waals surface area contributed by atoms with Crippen molar-refractivity contribution < 1.29 is 9.18 Å². The SMILES string of the molecule is NCC1C=CCCN1CC(=O)Nc1ccccc1F. The molecule has 0 bridgehead atoms. The summed E-state index contributed by atoms with van der Waals surface area (Å²) in [5, 5.41) is 2.58. The average molecular weight is 263 g/mol. The number of para-hydroxylation sites is 1. The fourth-order valence-electron chi connectivity index (χ4n) is 2.14. The molecule has 1 amide bonds. The van der Waals surface area contributed by atoms with E-state index in [9.17, 15) is 9.18 Å². The molecule has 0 fully saturated rings. The van der Waals surface area contributed by atoms with Gasteiger partial charge in [-0.3, -0.25) is 9.69 Å². The van der Waals surface area contributed by atoms with Crippen molar-refractivity contribution >= 4 is 11.6 Å². The van der Waals surface area contributed by atoms with Gasteiger partial charge in [-0.2, -0.15) is 0 Å². The summed E-state index contributed by atoms with van der Waals surface area (Å²) in [6.45, 7) is 1.49. The second-order valence-electron chi connectivity index (χ2n) is 4.52. The Hall–Kier alpha value is -1.72. The van der Waals surface area contributed by atoms with Gasteiger partial charge in [-0.05, 0) is 18.6 Å². The largest absolute Gasteiger partial charge is 0.329 e. The van der Waals surface area contributed by atoms with Crippen LogP contribution in [0.3, 0.4) is 0 Å². The molecule has 1 aliphatic rings. The van der Waals surface area contributed by atoms with Crippen molar-refractivity contribution in [1.82, 2.24) is 4.90 Å². The Morgan fingerprint density at radius 2 is 2.26 bits per heavy atom. The zero-order valence-electron chi connectivity index (χ0n) is 10.7. The molecule has 1 aromatic carbocycles. The van der Waals surface area contributed by atoms with Crippen molar-refractivity contribution in [3.8, 4) is 0 Å². The maximum Gasteiger partial charge on any atom is 0.238 e. The molecular formula is C14H18FN3O. The van der Waals surface area contributed by atoms with E-state index in [1.807, 2.05) is 11.0 Å². The fraction of sp³-hybridized carbons (Fsp3) is 0.357. The molecule has 1 aliphatic heterocycles. The lowest BCUT2D eigenvalue weighted by Crippen LogP contribution is -2.45. The summed E-state index contributed by atoms with van der Waals surface area (Å²) >= 11 is 0. The minimum absolute atomic E-state index is 0.0834. The quantitative estimate of drug-likeness (QED) is 0.806. The van der Waals surface area contributed by atoms with Crippen LogP contribution in [-0.2, 0) is 4.79 Å². The minimum atomic E-state index is -0.426. The Morgan fingerprint density at radius 3 is 3.00 bits per heavy atom. The molecule has 2 rings (SSSR count). The van der Waals surface area contributed by atoms with Crippen LogP contribution in [-0.4, -0.2) is 36.5 Å². The summed E-state index contributed by atoms with van der Waals surface area (Å²) in [7, 11) is 0. The third-order valence-electron chi connectivity index (χ3n) is 3.15. The van der Waals surface area contributed by atoms with Gasteiger partial charge in [0.25, 0.3) is 0 Å². The van der Waals surface area contributed by atoms with Gasteiger partial charge in [0.2, 0.25) is 5.91 Å². The number of carbonyl (C=O) groups excluding carboxylic acids is 1. The van der Waals surface area contributed by atoms with Crippen LogP contribution in [0.4, 0.5) is 10.1 Å². The van der Waals surface area contributed by atoms with E-state index in [0.717, 1.165) is 13.0 Å². The zero-order valence-corrected chi connectivity index (χ0v) is 10.7. The summed E-state index contributed by atoms with van der Waals surface area (Å²) < 4.78 is 13.4. The number of nitrogens with one attached hydrogen (secondary N) is 1. The van der Waals surface area contributed by atoms with Gasteiger partial charge in [-0.15, -0.1) is 0 Å². The van der Waals surface area contributed by atoms with E-state index in [1.54, 1.807) is 18.2 Å². The van der Waals surface area contributed by atoms with Crippen LogP contribution >= 0.6 is 0 Å². The molecule has 0 radical (unpaired) electrons. The van der Waals surface area contributed by atoms with Crippen LogP contribution in [0.1, 0.15) is 6.42 Å². The van der Waals surface area contributed by atoms with Crippen LogP contribution in [0.25, 0.3) is 0 Å². The van der Waals surface area contributed by atoms with Gasteiger partial charge in [-0.1, -0.05) is 24.3 Å². The van der Waals surface area contributed by atoms with Gasteiger partial charge in [0, 0.05) is 19.1 Å². The van der Waals surface area contributed by atoms with Crippen LogP contribution in [0.2, 0.25) is 0 Å². The smallest absolute Gasteiger partial charge is 0.238 e. The van der Waals surface area contributed by atoms with Crippen LogP contribution < -0.4 is 11.1 Å². The first-order valence-electron chi connectivity index (χ1n) is 6.36. The third kappa shape index (κ3) is 3.62. The van der Waals surface area contributed by atoms with Gasteiger partial charge >= 0.3 is 0 Å². The lowest BCUT2D eigenvalue weighted by molar-refractivity contribution is -0.117. The van der Waals surface area contributed by atoms with Crippen LogP contribution in [0.5, 0.6) is 0 Å². The normalized spacial score (nSPS) is 19.4. The van der Waals surface area contributed by atoms with Crippen molar-refractivity contribution in [2.24, 2.45) is 5.73 Å². The highest BCUT2D eigenvalue weighted by Crippen LogP contribution is 2.13. The van der Waals surface area contributed by atoms with E-state index in [-0.39, 0.29) is 24.2 Å². The number of nitrogens with two attached hydrogens (primary N) is 1. The van der Waals surface area contributed by atoms with E-state index in [0.29, 0.717) is 6.54 Å².